The minimum atomic E-state index is -3.37. The van der Waals surface area contributed by atoms with Gasteiger partial charge in [0.15, 0.2) is 0 Å². The maximum absolute atomic E-state index is 10.7. The number of sulfonamides is 1. The van der Waals surface area contributed by atoms with Crippen LogP contribution < -0.4 is 5.14 Å². The fourth-order valence-corrected chi connectivity index (χ4v) is 1.84. The van der Waals surface area contributed by atoms with Crippen molar-refractivity contribution in [1.82, 2.24) is 0 Å². The van der Waals surface area contributed by atoms with Crippen LogP contribution in [0.25, 0.3) is 0 Å². The molecule has 0 spiro atoms. The van der Waals surface area contributed by atoms with Gasteiger partial charge in [-0.1, -0.05) is 20.8 Å². The second-order valence-corrected chi connectivity index (χ2v) is 5.88. The van der Waals surface area contributed by atoms with Crippen LogP contribution >= 0.6 is 0 Å². The van der Waals surface area contributed by atoms with Gasteiger partial charge in [-0.25, -0.2) is 13.6 Å². The minimum Gasteiger partial charge on any atom is -0.378 e. The fraction of sp³-hybridized carbons (Fsp3) is 1.00. The van der Waals surface area contributed by atoms with Crippen LogP contribution in [0.5, 0.6) is 0 Å². The van der Waals surface area contributed by atoms with Gasteiger partial charge >= 0.3 is 0 Å². The minimum absolute atomic E-state index is 0.0161. The van der Waals surface area contributed by atoms with E-state index in [0.29, 0.717) is 12.5 Å². The van der Waals surface area contributed by atoms with Crippen LogP contribution in [0.15, 0.2) is 0 Å². The molecule has 0 aromatic rings. The van der Waals surface area contributed by atoms with E-state index in [0.717, 1.165) is 0 Å². The molecule has 0 aromatic heterocycles. The van der Waals surface area contributed by atoms with Crippen molar-refractivity contribution in [2.45, 2.75) is 33.8 Å². The molecule has 2 N–H and O–H groups in total. The normalized spacial score (nSPS) is 17.0. The van der Waals surface area contributed by atoms with Crippen LogP contribution in [-0.4, -0.2) is 26.9 Å². The summed E-state index contributed by atoms with van der Waals surface area (Å²) in [5.41, 5.74) is 0. The Balaban J connectivity index is 3.80. The lowest BCUT2D eigenvalue weighted by atomic mass is 10.1. The molecular weight excluding hydrogens is 202 g/mol. The monoisotopic (exact) mass is 223 g/mol. The molecule has 14 heavy (non-hydrogen) atoms. The molecule has 0 heterocycles. The first kappa shape index (κ1) is 13.9. The Labute approximate surface area is 86.9 Å². The van der Waals surface area contributed by atoms with Crippen LogP contribution in [-0.2, 0) is 14.8 Å². The molecule has 0 amide bonds. The summed E-state index contributed by atoms with van der Waals surface area (Å²) in [7, 11) is -3.37. The largest absolute Gasteiger partial charge is 0.378 e. The predicted octanol–water partition coefficient (Wildman–Crippen LogP) is 0.972. The van der Waals surface area contributed by atoms with Gasteiger partial charge in [-0.3, -0.25) is 0 Å². The van der Waals surface area contributed by atoms with E-state index in [1.807, 2.05) is 13.8 Å². The Morgan fingerprint density at radius 1 is 1.21 bits per heavy atom. The second kappa shape index (κ2) is 5.68. The third-order valence-electron chi connectivity index (χ3n) is 2.10. The third-order valence-corrected chi connectivity index (χ3v) is 3.13. The Bertz CT molecular complexity index is 249. The van der Waals surface area contributed by atoms with Crippen LogP contribution in [0.1, 0.15) is 27.7 Å². The smallest absolute Gasteiger partial charge is 0.209 e. The van der Waals surface area contributed by atoms with Crippen LogP contribution in [0.2, 0.25) is 0 Å². The summed E-state index contributed by atoms with van der Waals surface area (Å²) in [4.78, 5) is 0. The van der Waals surface area contributed by atoms with Gasteiger partial charge in [0.25, 0.3) is 0 Å². The summed E-state index contributed by atoms with van der Waals surface area (Å²) < 4.78 is 27.0. The lowest BCUT2D eigenvalue weighted by Gasteiger charge is -2.19. The molecule has 0 saturated heterocycles. The quantitative estimate of drug-likeness (QED) is 0.729. The Morgan fingerprint density at radius 2 is 1.71 bits per heavy atom. The van der Waals surface area contributed by atoms with E-state index in [4.69, 9.17) is 9.88 Å². The maximum atomic E-state index is 10.7. The van der Waals surface area contributed by atoms with Crippen molar-refractivity contribution in [2.24, 2.45) is 17.0 Å². The lowest BCUT2D eigenvalue weighted by Crippen LogP contribution is -2.26. The predicted molar refractivity (Wildman–Crippen MR) is 57.4 cm³/mol. The third kappa shape index (κ3) is 7.29. The highest BCUT2D eigenvalue weighted by atomic mass is 32.2. The summed E-state index contributed by atoms with van der Waals surface area (Å²) in [6, 6.07) is 0. The van der Waals surface area contributed by atoms with Gasteiger partial charge in [0.2, 0.25) is 10.0 Å². The van der Waals surface area contributed by atoms with Crippen LogP contribution in [0.4, 0.5) is 0 Å². The second-order valence-electron chi connectivity index (χ2n) is 4.22. The molecule has 0 aliphatic carbocycles. The Morgan fingerprint density at radius 3 is 2.07 bits per heavy atom. The van der Waals surface area contributed by atoms with Crippen molar-refractivity contribution >= 4 is 10.0 Å². The highest BCUT2D eigenvalue weighted by Gasteiger charge is 2.14. The van der Waals surface area contributed by atoms with Gasteiger partial charge in [-0.2, -0.15) is 0 Å². The molecule has 0 saturated carbocycles. The SMILES string of the molecule is CC(COC(C)C(C)C)CS(N)(=O)=O. The van der Waals surface area contributed by atoms with Gasteiger partial charge < -0.3 is 4.74 Å². The average molecular weight is 223 g/mol. The molecule has 4 nitrogen and oxygen atoms in total. The van der Waals surface area contributed by atoms with E-state index in [2.05, 4.69) is 13.8 Å². The first-order chi connectivity index (χ1) is 6.22. The van der Waals surface area contributed by atoms with E-state index in [1.165, 1.54) is 0 Å². The first-order valence-electron chi connectivity index (χ1n) is 4.84. The highest BCUT2D eigenvalue weighted by molar-refractivity contribution is 7.89. The lowest BCUT2D eigenvalue weighted by molar-refractivity contribution is 0.0204. The van der Waals surface area contributed by atoms with Gasteiger partial charge in [0.1, 0.15) is 0 Å². The summed E-state index contributed by atoms with van der Waals surface area (Å²) >= 11 is 0. The molecule has 0 aliphatic rings. The molecule has 0 aliphatic heterocycles. The number of rotatable bonds is 6. The molecule has 86 valence electrons. The fourth-order valence-electron chi connectivity index (χ4n) is 0.953. The van der Waals surface area contributed by atoms with Crippen molar-refractivity contribution in [2.75, 3.05) is 12.4 Å². The molecule has 0 fully saturated rings. The molecular formula is C9H21NO3S. The highest BCUT2D eigenvalue weighted by Crippen LogP contribution is 2.08. The van der Waals surface area contributed by atoms with Gasteiger partial charge in [0, 0.05) is 0 Å². The molecule has 2 unspecified atom stereocenters. The van der Waals surface area contributed by atoms with E-state index >= 15 is 0 Å². The van der Waals surface area contributed by atoms with E-state index < -0.39 is 10.0 Å². The van der Waals surface area contributed by atoms with Gasteiger partial charge in [-0.15, -0.1) is 0 Å². The molecule has 0 aromatic carbocycles. The maximum Gasteiger partial charge on any atom is 0.209 e. The summed E-state index contributed by atoms with van der Waals surface area (Å²) in [6.45, 7) is 8.37. The van der Waals surface area contributed by atoms with Gasteiger partial charge in [-0.05, 0) is 18.8 Å². The summed E-state index contributed by atoms with van der Waals surface area (Å²) in [6.07, 6.45) is 0.151. The number of hydrogen-bond acceptors (Lipinski definition) is 3. The standard InChI is InChI=1S/C9H21NO3S/c1-7(2)9(4)13-5-8(3)6-14(10,11)12/h7-9H,5-6H2,1-4H3,(H2,10,11,12). The van der Waals surface area contributed by atoms with Gasteiger partial charge in [0.05, 0.1) is 18.5 Å². The molecule has 5 heteroatoms. The van der Waals surface area contributed by atoms with Crippen molar-refractivity contribution in [3.8, 4) is 0 Å². The van der Waals surface area contributed by atoms with Crippen LogP contribution in [0.3, 0.4) is 0 Å². The summed E-state index contributed by atoms with van der Waals surface area (Å²) in [5.74, 6) is 0.376. The molecule has 2 atom stereocenters. The van der Waals surface area contributed by atoms with Crippen molar-refractivity contribution in [3.05, 3.63) is 0 Å². The molecule has 0 bridgehead atoms. The van der Waals surface area contributed by atoms with Crippen molar-refractivity contribution in [1.29, 1.82) is 0 Å². The molecule has 0 rings (SSSR count). The number of ether oxygens (including phenoxy) is 1. The van der Waals surface area contributed by atoms with Crippen LogP contribution in [0, 0.1) is 11.8 Å². The Kier molecular flexibility index (Phi) is 5.63. The average Bonchev–Trinajstić information content (AvgIpc) is 1.96. The molecule has 0 radical (unpaired) electrons. The van der Waals surface area contributed by atoms with Crippen molar-refractivity contribution in [3.63, 3.8) is 0 Å². The number of nitrogens with two attached hydrogens (primary N) is 1. The zero-order chi connectivity index (χ0) is 11.4. The van der Waals surface area contributed by atoms with Crippen molar-refractivity contribution < 1.29 is 13.2 Å². The van der Waals surface area contributed by atoms with E-state index in [1.54, 1.807) is 0 Å². The number of primary sulfonamides is 1. The first-order valence-corrected chi connectivity index (χ1v) is 6.56. The zero-order valence-corrected chi connectivity index (χ0v) is 10.2. The van der Waals surface area contributed by atoms with E-state index in [9.17, 15) is 8.42 Å². The van der Waals surface area contributed by atoms with E-state index in [-0.39, 0.29) is 17.8 Å². The number of hydrogen-bond donors (Lipinski definition) is 1. The Hall–Kier alpha value is -0.130. The summed E-state index contributed by atoms with van der Waals surface area (Å²) in [5, 5.41) is 4.92. The zero-order valence-electron chi connectivity index (χ0n) is 9.36. The topological polar surface area (TPSA) is 69.4 Å².